The van der Waals surface area contributed by atoms with Crippen LogP contribution >= 0.6 is 0 Å². The highest BCUT2D eigenvalue weighted by Gasteiger charge is 2.32. The Bertz CT molecular complexity index is 1230. The minimum absolute atomic E-state index is 0.00743. The smallest absolute Gasteiger partial charge is 0.408 e. The summed E-state index contributed by atoms with van der Waals surface area (Å²) >= 11 is 0. The number of benzene rings is 2. The Balaban J connectivity index is 2.12. The number of rotatable bonds is 14. The van der Waals surface area contributed by atoms with Crippen molar-refractivity contribution in [2.45, 2.75) is 77.6 Å². The van der Waals surface area contributed by atoms with E-state index in [0.717, 1.165) is 0 Å². The molecule has 4 atom stereocenters. The van der Waals surface area contributed by atoms with Crippen LogP contribution in [-0.2, 0) is 36.8 Å². The van der Waals surface area contributed by atoms with E-state index in [1.165, 1.54) is 0 Å². The monoisotopic (exact) mass is 598 g/mol. The van der Waals surface area contributed by atoms with Crippen molar-refractivity contribution in [3.8, 4) is 0 Å². The number of alkyl carbamates (subject to hydrolysis) is 1. The quantitative estimate of drug-likeness (QED) is 0.163. The van der Waals surface area contributed by atoms with Gasteiger partial charge in [0.05, 0.1) is 0 Å². The fraction of sp³-hybridized carbons (Fsp3) is 0.452. The molecule has 2 aromatic rings. The normalized spacial score (nSPS) is 13.9. The number of nitrogens with zero attached hydrogens (tertiary/aromatic N) is 1. The minimum Gasteiger partial charge on any atom is -0.480 e. The zero-order chi connectivity index (χ0) is 32.2. The van der Waals surface area contributed by atoms with Gasteiger partial charge in [0, 0.05) is 12.8 Å². The van der Waals surface area contributed by atoms with E-state index in [9.17, 15) is 34.3 Å². The van der Waals surface area contributed by atoms with Crippen molar-refractivity contribution < 1.29 is 39.0 Å². The molecule has 12 heteroatoms. The number of hydrogen-bond donors (Lipinski definition) is 5. The van der Waals surface area contributed by atoms with Gasteiger partial charge in [0.2, 0.25) is 11.8 Å². The van der Waals surface area contributed by atoms with Crippen LogP contribution in [0.5, 0.6) is 0 Å². The molecule has 2 rings (SSSR count). The van der Waals surface area contributed by atoms with Crippen molar-refractivity contribution in [1.82, 2.24) is 21.0 Å². The second-order valence-corrected chi connectivity index (χ2v) is 11.3. The summed E-state index contributed by atoms with van der Waals surface area (Å²) in [6, 6.07) is 13.9. The van der Waals surface area contributed by atoms with E-state index in [0.29, 0.717) is 17.5 Å². The molecule has 0 aromatic heterocycles. The molecule has 0 aliphatic heterocycles. The number of carboxylic acids is 1. The molecular formula is C31H42N4O8. The first kappa shape index (κ1) is 34.7. The molecule has 0 saturated heterocycles. The standard InChI is InChI=1S/C31H42N4O8/c1-6-20(2)26(27(37)32-24(29(39)40)18-22-15-11-8-12-16-22)34-25(36)19-35(42)28(38)23(17-21-13-9-7-10-14-21)33-30(41)43-31(3,4)5/h7-16,20,23-24,26,42H,6,17-19H2,1-5H3,(H,32,37)(H,33,41)(H,34,36)(H,39,40)/t20-,23-,24-,26-/m0/s1. The van der Waals surface area contributed by atoms with E-state index in [-0.39, 0.29) is 17.9 Å². The van der Waals surface area contributed by atoms with Crippen LogP contribution in [0.2, 0.25) is 0 Å². The molecule has 0 heterocycles. The van der Waals surface area contributed by atoms with E-state index in [1.807, 2.05) is 0 Å². The zero-order valence-electron chi connectivity index (χ0n) is 25.2. The Kier molecular flexibility index (Phi) is 13.1. The van der Waals surface area contributed by atoms with Gasteiger partial charge < -0.3 is 25.8 Å². The number of nitrogens with one attached hydrogen (secondary N) is 3. The van der Waals surface area contributed by atoms with Crippen LogP contribution in [0, 0.1) is 5.92 Å². The predicted octanol–water partition coefficient (Wildman–Crippen LogP) is 2.68. The molecule has 0 bridgehead atoms. The first-order chi connectivity index (χ1) is 20.2. The number of amides is 4. The third kappa shape index (κ3) is 12.1. The average Bonchev–Trinajstić information content (AvgIpc) is 2.94. The molecule has 43 heavy (non-hydrogen) atoms. The lowest BCUT2D eigenvalue weighted by molar-refractivity contribution is -0.171. The van der Waals surface area contributed by atoms with Crippen molar-refractivity contribution in [2.24, 2.45) is 5.92 Å². The largest absolute Gasteiger partial charge is 0.480 e. The van der Waals surface area contributed by atoms with E-state index in [1.54, 1.807) is 95.3 Å². The summed E-state index contributed by atoms with van der Waals surface area (Å²) in [4.78, 5) is 63.6. The summed E-state index contributed by atoms with van der Waals surface area (Å²) < 4.78 is 5.25. The van der Waals surface area contributed by atoms with E-state index in [2.05, 4.69) is 16.0 Å². The lowest BCUT2D eigenvalue weighted by atomic mass is 9.97. The molecule has 0 aliphatic rings. The number of aliphatic carboxylic acids is 1. The highest BCUT2D eigenvalue weighted by molar-refractivity contribution is 5.93. The van der Waals surface area contributed by atoms with Gasteiger partial charge in [-0.2, -0.15) is 0 Å². The van der Waals surface area contributed by atoms with E-state index < -0.39 is 66.0 Å². The SMILES string of the molecule is CC[C@H](C)[C@H](NC(=O)CN(O)C(=O)[C@H](Cc1ccccc1)NC(=O)OC(C)(C)C)C(=O)N[C@@H](Cc1ccccc1)C(=O)O. The van der Waals surface area contributed by atoms with Crippen LogP contribution in [0.1, 0.15) is 52.2 Å². The van der Waals surface area contributed by atoms with Crippen LogP contribution in [0.25, 0.3) is 0 Å². The Labute approximate surface area is 251 Å². The maximum Gasteiger partial charge on any atom is 0.408 e. The van der Waals surface area contributed by atoms with Gasteiger partial charge in [-0.1, -0.05) is 80.9 Å². The molecular weight excluding hydrogens is 556 g/mol. The number of carbonyl (C=O) groups excluding carboxylic acids is 4. The summed E-state index contributed by atoms with van der Waals surface area (Å²) in [6.45, 7) is 7.65. The first-order valence-corrected chi connectivity index (χ1v) is 14.1. The summed E-state index contributed by atoms with van der Waals surface area (Å²) in [6.07, 6.45) is -0.366. The Morgan fingerprint density at radius 2 is 1.35 bits per heavy atom. The third-order valence-corrected chi connectivity index (χ3v) is 6.53. The highest BCUT2D eigenvalue weighted by Crippen LogP contribution is 2.12. The summed E-state index contributed by atoms with van der Waals surface area (Å²) in [5.41, 5.74) is 0.556. The molecule has 4 amide bonds. The summed E-state index contributed by atoms with van der Waals surface area (Å²) in [5.74, 6) is -4.18. The number of carbonyl (C=O) groups is 5. The van der Waals surface area contributed by atoms with E-state index >= 15 is 0 Å². The minimum atomic E-state index is -1.27. The molecule has 0 spiro atoms. The molecule has 0 aliphatic carbocycles. The van der Waals surface area contributed by atoms with Gasteiger partial charge in [-0.25, -0.2) is 14.7 Å². The Morgan fingerprint density at radius 3 is 1.81 bits per heavy atom. The van der Waals surface area contributed by atoms with Gasteiger partial charge in [-0.05, 0) is 37.8 Å². The van der Waals surface area contributed by atoms with E-state index in [4.69, 9.17) is 4.74 Å². The first-order valence-electron chi connectivity index (χ1n) is 14.1. The van der Waals surface area contributed by atoms with Crippen LogP contribution in [0.3, 0.4) is 0 Å². The fourth-order valence-electron chi connectivity index (χ4n) is 4.13. The highest BCUT2D eigenvalue weighted by atomic mass is 16.6. The van der Waals surface area contributed by atoms with Gasteiger partial charge >= 0.3 is 12.1 Å². The van der Waals surface area contributed by atoms with Crippen LogP contribution in [-0.4, -0.2) is 75.4 Å². The van der Waals surface area contributed by atoms with Crippen molar-refractivity contribution in [2.75, 3.05) is 6.54 Å². The molecule has 2 aromatic carbocycles. The van der Waals surface area contributed by atoms with Crippen LogP contribution in [0.4, 0.5) is 4.79 Å². The van der Waals surface area contributed by atoms with Crippen molar-refractivity contribution in [1.29, 1.82) is 0 Å². The van der Waals surface area contributed by atoms with Gasteiger partial charge in [0.1, 0.15) is 30.3 Å². The molecule has 0 radical (unpaired) electrons. The number of hydrogen-bond acceptors (Lipinski definition) is 7. The molecule has 12 nitrogen and oxygen atoms in total. The van der Waals surface area contributed by atoms with Crippen LogP contribution < -0.4 is 16.0 Å². The number of carboxylic acid groups (broad SMARTS) is 1. The predicted molar refractivity (Wildman–Crippen MR) is 158 cm³/mol. The molecule has 0 unspecified atom stereocenters. The van der Waals surface area contributed by atoms with Gasteiger partial charge in [0.15, 0.2) is 0 Å². The van der Waals surface area contributed by atoms with Crippen molar-refractivity contribution >= 4 is 29.8 Å². The number of ether oxygens (including phenoxy) is 1. The molecule has 0 saturated carbocycles. The maximum atomic E-state index is 13.2. The average molecular weight is 599 g/mol. The number of hydroxylamine groups is 2. The Hall–Kier alpha value is -4.45. The molecule has 0 fully saturated rings. The topological polar surface area (TPSA) is 174 Å². The zero-order valence-corrected chi connectivity index (χ0v) is 25.2. The summed E-state index contributed by atoms with van der Waals surface area (Å²) in [7, 11) is 0. The molecule has 234 valence electrons. The Morgan fingerprint density at radius 1 is 0.837 bits per heavy atom. The van der Waals surface area contributed by atoms with Crippen molar-refractivity contribution in [3.63, 3.8) is 0 Å². The summed E-state index contributed by atoms with van der Waals surface area (Å²) in [5, 5.41) is 27.9. The second kappa shape index (κ2) is 16.3. The van der Waals surface area contributed by atoms with Crippen LogP contribution in [0.15, 0.2) is 60.7 Å². The lowest BCUT2D eigenvalue weighted by Gasteiger charge is -2.27. The lowest BCUT2D eigenvalue weighted by Crippen LogP contribution is -2.57. The molecule has 5 N–H and O–H groups in total. The van der Waals surface area contributed by atoms with Gasteiger partial charge in [-0.3, -0.25) is 19.6 Å². The van der Waals surface area contributed by atoms with Crippen molar-refractivity contribution in [3.05, 3.63) is 71.8 Å². The van der Waals surface area contributed by atoms with Gasteiger partial charge in [0.25, 0.3) is 5.91 Å². The maximum absolute atomic E-state index is 13.2. The fourth-order valence-corrected chi connectivity index (χ4v) is 4.13. The third-order valence-electron chi connectivity index (χ3n) is 6.53. The second-order valence-electron chi connectivity index (χ2n) is 11.3. The van der Waals surface area contributed by atoms with Gasteiger partial charge in [-0.15, -0.1) is 0 Å².